The molecule has 1 aromatic heterocycles. The number of carbonyl (C=O) groups excluding carboxylic acids is 1. The van der Waals surface area contributed by atoms with Crippen LogP contribution in [0.15, 0.2) is 18.3 Å². The fraction of sp³-hybridized carbons (Fsp3) is 0.600. The van der Waals surface area contributed by atoms with E-state index in [1.165, 1.54) is 0 Å². The zero-order valence-electron chi connectivity index (χ0n) is 12.0. The van der Waals surface area contributed by atoms with E-state index in [1.54, 1.807) is 25.4 Å². The fourth-order valence-corrected chi connectivity index (χ4v) is 3.65. The highest BCUT2D eigenvalue weighted by Crippen LogP contribution is 2.35. The minimum Gasteiger partial charge on any atom is -0.480 e. The molecule has 1 aromatic rings. The summed E-state index contributed by atoms with van der Waals surface area (Å²) >= 11 is 0. The molecule has 3 unspecified atom stereocenters. The second-order valence-electron chi connectivity index (χ2n) is 5.58. The number of amides is 1. The average molecular weight is 275 g/mol. The number of hydrogen-bond acceptors (Lipinski definition) is 4. The number of likely N-dealkylation sites (tertiary alicyclic amines) is 1. The van der Waals surface area contributed by atoms with Crippen LogP contribution in [0.2, 0.25) is 0 Å². The normalized spacial score (nSPS) is 28.5. The van der Waals surface area contributed by atoms with Crippen LogP contribution in [0.5, 0.6) is 5.88 Å². The van der Waals surface area contributed by atoms with E-state index in [2.05, 4.69) is 17.2 Å². The van der Waals surface area contributed by atoms with Crippen molar-refractivity contribution in [2.75, 3.05) is 26.7 Å². The molecule has 0 aliphatic carbocycles. The zero-order chi connectivity index (χ0) is 14.1. The predicted molar refractivity (Wildman–Crippen MR) is 75.8 cm³/mol. The Kier molecular flexibility index (Phi) is 3.61. The maximum Gasteiger partial charge on any atom is 0.259 e. The number of hydrogen-bond donors (Lipinski definition) is 1. The third-order valence-corrected chi connectivity index (χ3v) is 4.59. The van der Waals surface area contributed by atoms with Crippen LogP contribution in [0.25, 0.3) is 0 Å². The average Bonchev–Trinajstić information content (AvgIpc) is 3.06. The molecule has 2 aliphatic heterocycles. The highest BCUT2D eigenvalue weighted by Gasteiger charge is 2.45. The van der Waals surface area contributed by atoms with Gasteiger partial charge in [-0.3, -0.25) is 4.79 Å². The second-order valence-corrected chi connectivity index (χ2v) is 5.58. The third-order valence-electron chi connectivity index (χ3n) is 4.59. The molecule has 5 heteroatoms. The van der Waals surface area contributed by atoms with Gasteiger partial charge in [0.25, 0.3) is 5.91 Å². The van der Waals surface area contributed by atoms with Gasteiger partial charge in [-0.2, -0.15) is 0 Å². The van der Waals surface area contributed by atoms with E-state index in [1.807, 2.05) is 4.90 Å². The van der Waals surface area contributed by atoms with Crippen molar-refractivity contribution in [2.24, 2.45) is 11.8 Å². The van der Waals surface area contributed by atoms with E-state index in [0.717, 1.165) is 26.1 Å². The van der Waals surface area contributed by atoms with Crippen molar-refractivity contribution in [3.8, 4) is 5.88 Å². The number of ether oxygens (including phenoxy) is 1. The highest BCUT2D eigenvalue weighted by atomic mass is 16.5. The summed E-state index contributed by atoms with van der Waals surface area (Å²) in [5, 5.41) is 3.44. The summed E-state index contributed by atoms with van der Waals surface area (Å²) in [5.74, 6) is 1.65. The first-order chi connectivity index (χ1) is 9.76. The number of aromatic nitrogens is 1. The summed E-state index contributed by atoms with van der Waals surface area (Å²) in [6.07, 6.45) is 2.65. The number of rotatable bonds is 3. The molecule has 1 amide bonds. The molecule has 3 heterocycles. The van der Waals surface area contributed by atoms with Crippen molar-refractivity contribution >= 4 is 5.91 Å². The van der Waals surface area contributed by atoms with E-state index in [-0.39, 0.29) is 5.91 Å². The van der Waals surface area contributed by atoms with Crippen LogP contribution in [-0.4, -0.2) is 48.6 Å². The molecule has 0 saturated carbocycles. The van der Waals surface area contributed by atoms with E-state index >= 15 is 0 Å². The van der Waals surface area contributed by atoms with Crippen molar-refractivity contribution in [1.29, 1.82) is 0 Å². The summed E-state index contributed by atoms with van der Waals surface area (Å²) in [4.78, 5) is 19.0. The molecular formula is C15H21N3O2. The van der Waals surface area contributed by atoms with Gasteiger partial charge in [-0.15, -0.1) is 0 Å². The molecule has 1 N–H and O–H groups in total. The van der Waals surface area contributed by atoms with Crippen LogP contribution < -0.4 is 10.1 Å². The maximum atomic E-state index is 12.8. The number of nitrogens with one attached hydrogen (secondary N) is 1. The van der Waals surface area contributed by atoms with Crippen molar-refractivity contribution in [2.45, 2.75) is 19.4 Å². The van der Waals surface area contributed by atoms with Crippen LogP contribution in [-0.2, 0) is 0 Å². The Morgan fingerprint density at radius 1 is 1.55 bits per heavy atom. The summed E-state index contributed by atoms with van der Waals surface area (Å²) in [7, 11) is 1.55. The Balaban J connectivity index is 1.87. The Hall–Kier alpha value is -1.62. The molecule has 108 valence electrons. The predicted octanol–water partition coefficient (Wildman–Crippen LogP) is 1.16. The lowest BCUT2D eigenvalue weighted by atomic mass is 9.93. The highest BCUT2D eigenvalue weighted by molar-refractivity contribution is 5.96. The molecule has 20 heavy (non-hydrogen) atoms. The van der Waals surface area contributed by atoms with Gasteiger partial charge in [0.2, 0.25) is 5.88 Å². The van der Waals surface area contributed by atoms with Gasteiger partial charge in [0, 0.05) is 31.9 Å². The summed E-state index contributed by atoms with van der Waals surface area (Å²) in [6, 6.07) is 3.91. The van der Waals surface area contributed by atoms with Gasteiger partial charge in [-0.1, -0.05) is 6.92 Å². The Bertz CT molecular complexity index is 506. The molecule has 0 bridgehead atoms. The van der Waals surface area contributed by atoms with Crippen LogP contribution >= 0.6 is 0 Å². The van der Waals surface area contributed by atoms with Crippen molar-refractivity contribution in [3.05, 3.63) is 23.9 Å². The van der Waals surface area contributed by atoms with Gasteiger partial charge in [0.05, 0.1) is 7.11 Å². The maximum absolute atomic E-state index is 12.8. The minimum absolute atomic E-state index is 0.0520. The molecule has 2 aliphatic rings. The molecule has 2 saturated heterocycles. The molecule has 3 atom stereocenters. The monoisotopic (exact) mass is 275 g/mol. The molecule has 0 spiro atoms. The first-order valence-corrected chi connectivity index (χ1v) is 7.27. The van der Waals surface area contributed by atoms with Gasteiger partial charge in [0.15, 0.2) is 0 Å². The van der Waals surface area contributed by atoms with Crippen LogP contribution in [0.3, 0.4) is 0 Å². The van der Waals surface area contributed by atoms with Crippen LogP contribution in [0.1, 0.15) is 23.7 Å². The number of methoxy groups -OCH3 is 1. The largest absolute Gasteiger partial charge is 0.480 e. The van der Waals surface area contributed by atoms with Crippen molar-refractivity contribution in [1.82, 2.24) is 15.2 Å². The first kappa shape index (κ1) is 13.4. The fourth-order valence-electron chi connectivity index (χ4n) is 3.65. The van der Waals surface area contributed by atoms with Crippen LogP contribution in [0.4, 0.5) is 0 Å². The van der Waals surface area contributed by atoms with E-state index in [9.17, 15) is 4.79 Å². The van der Waals surface area contributed by atoms with Gasteiger partial charge >= 0.3 is 0 Å². The number of pyridine rings is 1. The molecule has 3 rings (SSSR count). The molecule has 0 aromatic carbocycles. The quantitative estimate of drug-likeness (QED) is 0.899. The van der Waals surface area contributed by atoms with Crippen LogP contribution in [0, 0.1) is 11.8 Å². The molecule has 5 nitrogen and oxygen atoms in total. The third kappa shape index (κ3) is 2.06. The molecule has 2 fully saturated rings. The van der Waals surface area contributed by atoms with Gasteiger partial charge in [-0.25, -0.2) is 4.98 Å². The summed E-state index contributed by atoms with van der Waals surface area (Å²) in [5.41, 5.74) is 0.571. The zero-order valence-corrected chi connectivity index (χ0v) is 12.0. The SMILES string of the molecule is CCC1C2CNCC2CN1C(=O)c1cccnc1OC. The summed E-state index contributed by atoms with van der Waals surface area (Å²) in [6.45, 7) is 5.05. The van der Waals surface area contributed by atoms with Crippen molar-refractivity contribution < 1.29 is 9.53 Å². The van der Waals surface area contributed by atoms with Gasteiger partial charge in [-0.05, 0) is 30.4 Å². The lowest BCUT2D eigenvalue weighted by Crippen LogP contribution is -2.39. The smallest absolute Gasteiger partial charge is 0.259 e. The van der Waals surface area contributed by atoms with Gasteiger partial charge in [0.1, 0.15) is 5.56 Å². The standard InChI is InChI=1S/C15H21N3O2/c1-3-13-12-8-16-7-10(12)9-18(13)15(19)11-5-4-6-17-14(11)20-2/h4-6,10,12-13,16H,3,7-9H2,1-2H3. The molecular weight excluding hydrogens is 254 g/mol. The summed E-state index contributed by atoms with van der Waals surface area (Å²) < 4.78 is 5.22. The van der Waals surface area contributed by atoms with E-state index in [4.69, 9.17) is 4.74 Å². The van der Waals surface area contributed by atoms with E-state index < -0.39 is 0 Å². The topological polar surface area (TPSA) is 54.5 Å². The van der Waals surface area contributed by atoms with Gasteiger partial charge < -0.3 is 15.0 Å². The lowest BCUT2D eigenvalue weighted by Gasteiger charge is -2.27. The Labute approximate surface area is 119 Å². The van der Waals surface area contributed by atoms with E-state index in [0.29, 0.717) is 29.3 Å². The first-order valence-electron chi connectivity index (χ1n) is 7.27. The number of nitrogens with zero attached hydrogens (tertiary/aromatic N) is 2. The lowest BCUT2D eigenvalue weighted by molar-refractivity contribution is 0.0707. The number of fused-ring (bicyclic) bond motifs is 1. The number of carbonyl (C=O) groups is 1. The second kappa shape index (κ2) is 5.40. The molecule has 0 radical (unpaired) electrons. The minimum atomic E-state index is 0.0520. The van der Waals surface area contributed by atoms with Crippen molar-refractivity contribution in [3.63, 3.8) is 0 Å². The Morgan fingerprint density at radius 2 is 2.40 bits per heavy atom. The Morgan fingerprint density at radius 3 is 3.15 bits per heavy atom.